The monoisotopic (exact) mass is 295 g/mol. The molecule has 0 aliphatic carbocycles. The highest BCUT2D eigenvalue weighted by Gasteiger charge is 2.21. The smallest absolute Gasteiger partial charge is 0.154 e. The molecule has 0 amide bonds. The van der Waals surface area contributed by atoms with E-state index in [1.165, 1.54) is 0 Å². The van der Waals surface area contributed by atoms with Crippen molar-refractivity contribution >= 4 is 17.2 Å². The lowest BCUT2D eigenvalue weighted by atomic mass is 10.3. The summed E-state index contributed by atoms with van der Waals surface area (Å²) in [5.41, 5.74) is 2.07. The van der Waals surface area contributed by atoms with Crippen LogP contribution in [-0.2, 0) is 0 Å². The molecule has 7 heteroatoms. The summed E-state index contributed by atoms with van der Waals surface area (Å²) in [6.45, 7) is 5.69. The number of aromatic nitrogens is 5. The van der Waals surface area contributed by atoms with E-state index in [9.17, 15) is 0 Å². The average Bonchev–Trinajstić information content (AvgIpc) is 2.96. The van der Waals surface area contributed by atoms with Crippen LogP contribution in [-0.4, -0.2) is 50.7 Å². The Bertz CT molecular complexity index is 775. The summed E-state index contributed by atoms with van der Waals surface area (Å²) in [5, 5.41) is 4.45. The molecule has 0 unspecified atom stereocenters. The fourth-order valence-electron chi connectivity index (χ4n) is 2.89. The van der Waals surface area contributed by atoms with E-state index in [-0.39, 0.29) is 0 Å². The Kier molecular flexibility index (Phi) is 3.10. The molecule has 0 saturated carbocycles. The first-order valence-corrected chi connectivity index (χ1v) is 7.38. The molecule has 0 aromatic carbocycles. The van der Waals surface area contributed by atoms with Crippen molar-refractivity contribution < 1.29 is 0 Å². The van der Waals surface area contributed by atoms with Crippen LogP contribution < -0.4 is 9.80 Å². The third-order valence-corrected chi connectivity index (χ3v) is 3.96. The van der Waals surface area contributed by atoms with E-state index in [1.807, 2.05) is 29.9 Å². The summed E-state index contributed by atoms with van der Waals surface area (Å²) in [6.07, 6.45) is 7.08. The van der Waals surface area contributed by atoms with Crippen LogP contribution >= 0.6 is 0 Å². The molecule has 1 fully saturated rings. The summed E-state index contributed by atoms with van der Waals surface area (Å²) in [4.78, 5) is 17.4. The highest BCUT2D eigenvalue weighted by molar-refractivity contribution is 5.69. The van der Waals surface area contributed by atoms with Gasteiger partial charge < -0.3 is 9.80 Å². The molecule has 22 heavy (non-hydrogen) atoms. The fraction of sp³-hybridized carbons (Fsp3) is 0.333. The second-order valence-corrected chi connectivity index (χ2v) is 5.41. The number of rotatable bonds is 2. The number of piperazine rings is 1. The van der Waals surface area contributed by atoms with E-state index < -0.39 is 0 Å². The molecule has 1 aliphatic rings. The molecular weight excluding hydrogens is 278 g/mol. The van der Waals surface area contributed by atoms with Crippen molar-refractivity contribution in [1.29, 1.82) is 0 Å². The number of fused-ring (bicyclic) bond motifs is 1. The molecule has 0 spiro atoms. The second kappa shape index (κ2) is 5.25. The summed E-state index contributed by atoms with van der Waals surface area (Å²) in [6, 6.07) is 4.04. The van der Waals surface area contributed by atoms with Gasteiger partial charge in [-0.2, -0.15) is 5.10 Å². The van der Waals surface area contributed by atoms with Crippen LogP contribution in [0.15, 0.2) is 37.1 Å². The van der Waals surface area contributed by atoms with Gasteiger partial charge in [-0.05, 0) is 19.1 Å². The minimum absolute atomic E-state index is 0.918. The molecule has 0 bridgehead atoms. The fourth-order valence-corrected chi connectivity index (χ4v) is 2.89. The lowest BCUT2D eigenvalue weighted by Gasteiger charge is -2.36. The van der Waals surface area contributed by atoms with Gasteiger partial charge in [-0.1, -0.05) is 0 Å². The summed E-state index contributed by atoms with van der Waals surface area (Å²) >= 11 is 0. The lowest BCUT2D eigenvalue weighted by molar-refractivity contribution is 0.641. The first-order valence-electron chi connectivity index (χ1n) is 7.38. The molecule has 1 saturated heterocycles. The summed E-state index contributed by atoms with van der Waals surface area (Å²) in [7, 11) is 0. The van der Waals surface area contributed by atoms with Crippen molar-refractivity contribution in [2.75, 3.05) is 36.0 Å². The Balaban J connectivity index is 1.56. The molecule has 3 aromatic rings. The van der Waals surface area contributed by atoms with E-state index >= 15 is 0 Å². The van der Waals surface area contributed by atoms with Crippen LogP contribution in [0, 0.1) is 6.92 Å². The Morgan fingerprint density at radius 1 is 1.00 bits per heavy atom. The van der Waals surface area contributed by atoms with E-state index in [0.717, 1.165) is 49.0 Å². The molecule has 0 atom stereocenters. The average molecular weight is 295 g/mol. The molecular formula is C15H17N7. The van der Waals surface area contributed by atoms with Gasteiger partial charge >= 0.3 is 0 Å². The number of anilines is 2. The van der Waals surface area contributed by atoms with Crippen molar-refractivity contribution in [3.05, 3.63) is 42.7 Å². The Morgan fingerprint density at radius 2 is 1.82 bits per heavy atom. The second-order valence-electron chi connectivity index (χ2n) is 5.41. The minimum atomic E-state index is 0.918. The maximum absolute atomic E-state index is 4.56. The zero-order chi connectivity index (χ0) is 14.9. The van der Waals surface area contributed by atoms with Crippen molar-refractivity contribution in [2.24, 2.45) is 0 Å². The van der Waals surface area contributed by atoms with Crippen molar-refractivity contribution in [3.63, 3.8) is 0 Å². The summed E-state index contributed by atoms with van der Waals surface area (Å²) in [5.74, 6) is 1.99. The largest absolute Gasteiger partial charge is 0.353 e. The van der Waals surface area contributed by atoms with E-state index in [1.54, 1.807) is 12.5 Å². The molecule has 4 rings (SSSR count). The molecule has 3 aromatic heterocycles. The van der Waals surface area contributed by atoms with Crippen LogP contribution in [0.25, 0.3) is 5.52 Å². The minimum Gasteiger partial charge on any atom is -0.353 e. The van der Waals surface area contributed by atoms with E-state index in [4.69, 9.17) is 0 Å². The van der Waals surface area contributed by atoms with Crippen molar-refractivity contribution in [1.82, 2.24) is 24.6 Å². The van der Waals surface area contributed by atoms with Crippen LogP contribution in [0.5, 0.6) is 0 Å². The molecule has 0 N–H and O–H groups in total. The highest BCUT2D eigenvalue weighted by Crippen LogP contribution is 2.22. The third-order valence-electron chi connectivity index (χ3n) is 3.96. The third kappa shape index (κ3) is 2.24. The van der Waals surface area contributed by atoms with Gasteiger partial charge in [0.1, 0.15) is 17.7 Å². The predicted octanol–water partition coefficient (Wildman–Crippen LogP) is 1.15. The van der Waals surface area contributed by atoms with E-state index in [0.29, 0.717) is 0 Å². The van der Waals surface area contributed by atoms with Gasteiger partial charge in [-0.3, -0.25) is 0 Å². The van der Waals surface area contributed by atoms with Gasteiger partial charge in [0.15, 0.2) is 5.82 Å². The number of hydrogen-bond donors (Lipinski definition) is 0. The number of aryl methyl sites for hydroxylation is 1. The maximum Gasteiger partial charge on any atom is 0.154 e. The quantitative estimate of drug-likeness (QED) is 0.707. The van der Waals surface area contributed by atoms with Gasteiger partial charge in [-0.25, -0.2) is 19.5 Å². The zero-order valence-electron chi connectivity index (χ0n) is 12.4. The van der Waals surface area contributed by atoms with Gasteiger partial charge in [-0.15, -0.1) is 0 Å². The van der Waals surface area contributed by atoms with Gasteiger partial charge in [0, 0.05) is 44.8 Å². The first-order chi connectivity index (χ1) is 10.8. The topological polar surface area (TPSA) is 62.5 Å². The number of hydrogen-bond acceptors (Lipinski definition) is 6. The Hall–Kier alpha value is -2.70. The Labute approximate surface area is 128 Å². The van der Waals surface area contributed by atoms with Gasteiger partial charge in [0.05, 0.1) is 5.69 Å². The normalized spacial score (nSPS) is 15.5. The summed E-state index contributed by atoms with van der Waals surface area (Å²) < 4.78 is 1.90. The van der Waals surface area contributed by atoms with Crippen LogP contribution in [0.1, 0.15) is 5.69 Å². The predicted molar refractivity (Wildman–Crippen MR) is 84.2 cm³/mol. The lowest BCUT2D eigenvalue weighted by Crippen LogP contribution is -2.47. The van der Waals surface area contributed by atoms with Gasteiger partial charge in [0.25, 0.3) is 0 Å². The highest BCUT2D eigenvalue weighted by atomic mass is 15.3. The standard InChI is InChI=1S/C15H17N7/c1-12-10-13-15(17-4-5-22(13)19-12)21-8-6-20(7-9-21)14-2-3-16-11-18-14/h2-5,10-11H,6-9H2,1H3. The maximum atomic E-state index is 4.56. The Morgan fingerprint density at radius 3 is 2.59 bits per heavy atom. The van der Waals surface area contributed by atoms with Crippen LogP contribution in [0.4, 0.5) is 11.6 Å². The molecule has 7 nitrogen and oxygen atoms in total. The van der Waals surface area contributed by atoms with Crippen LogP contribution in [0.3, 0.4) is 0 Å². The van der Waals surface area contributed by atoms with Gasteiger partial charge in [0.2, 0.25) is 0 Å². The number of nitrogens with zero attached hydrogens (tertiary/aromatic N) is 7. The molecule has 1 aliphatic heterocycles. The SMILES string of the molecule is Cc1cc2c(N3CCN(c4ccncn4)CC3)nccn2n1. The zero-order valence-corrected chi connectivity index (χ0v) is 12.4. The van der Waals surface area contributed by atoms with Crippen molar-refractivity contribution in [3.8, 4) is 0 Å². The van der Waals surface area contributed by atoms with Crippen molar-refractivity contribution in [2.45, 2.75) is 6.92 Å². The molecule has 4 heterocycles. The molecule has 112 valence electrons. The van der Waals surface area contributed by atoms with E-state index in [2.05, 4.69) is 35.9 Å². The van der Waals surface area contributed by atoms with Crippen LogP contribution in [0.2, 0.25) is 0 Å². The first kappa shape index (κ1) is 13.0. The molecule has 0 radical (unpaired) electrons.